The molecule has 0 saturated carbocycles. The van der Waals surface area contributed by atoms with Crippen molar-refractivity contribution in [3.8, 4) is 34.1 Å². The molecule has 0 amide bonds. The number of aliphatic imine (C=N–C) groups is 1. The molecule has 3 aromatic rings. The smallest absolute Gasteiger partial charge is 0.131 e. The Morgan fingerprint density at radius 1 is 0.774 bits per heavy atom. The van der Waals surface area contributed by atoms with Crippen LogP contribution in [0.1, 0.15) is 30.5 Å². The van der Waals surface area contributed by atoms with E-state index >= 15 is 0 Å². The van der Waals surface area contributed by atoms with Gasteiger partial charge in [0.25, 0.3) is 0 Å². The summed E-state index contributed by atoms with van der Waals surface area (Å²) < 4.78 is 23.0. The van der Waals surface area contributed by atoms with E-state index in [2.05, 4.69) is 26.0 Å². The Labute approximate surface area is 183 Å². The molecule has 0 aliphatic carbocycles. The molecular weight excluding hydrogens is 390 g/mol. The maximum absolute atomic E-state index is 5.89. The largest absolute Gasteiger partial charge is 0.496 e. The standard InChI is InChI=1S/C26H29NO4/c1-14-10-18-17(8-9-20(28-4)26(18)21(11-14)29-5)25-19-12-15(2)27-16(3)24(19)22(30-6)13-23(25)31-7/h8-11,13,15H,12H2,1-7H3/t15-/m0/s1. The predicted octanol–water partition coefficient (Wildman–Crippen LogP) is 5.60. The number of methoxy groups -OCH3 is 4. The van der Waals surface area contributed by atoms with Gasteiger partial charge in [-0.1, -0.05) is 6.07 Å². The second-order valence-electron chi connectivity index (χ2n) is 7.98. The monoisotopic (exact) mass is 419 g/mol. The van der Waals surface area contributed by atoms with E-state index in [1.165, 1.54) is 5.56 Å². The molecule has 5 nitrogen and oxygen atoms in total. The first-order valence-electron chi connectivity index (χ1n) is 10.4. The molecule has 0 bridgehead atoms. The summed E-state index contributed by atoms with van der Waals surface area (Å²) in [6, 6.07) is 10.5. The van der Waals surface area contributed by atoms with Gasteiger partial charge in [0.05, 0.1) is 39.9 Å². The Hall–Kier alpha value is -3.21. The molecule has 0 N–H and O–H groups in total. The third kappa shape index (κ3) is 3.38. The zero-order valence-corrected chi connectivity index (χ0v) is 19.3. The van der Waals surface area contributed by atoms with Crippen molar-refractivity contribution < 1.29 is 18.9 Å². The first kappa shape index (κ1) is 21.0. The van der Waals surface area contributed by atoms with Crippen molar-refractivity contribution in [1.29, 1.82) is 0 Å². The maximum Gasteiger partial charge on any atom is 0.131 e. The van der Waals surface area contributed by atoms with Crippen LogP contribution in [0.15, 0.2) is 35.3 Å². The summed E-state index contributed by atoms with van der Waals surface area (Å²) in [7, 11) is 6.77. The van der Waals surface area contributed by atoms with E-state index in [9.17, 15) is 0 Å². The zero-order chi connectivity index (χ0) is 22.3. The van der Waals surface area contributed by atoms with E-state index in [4.69, 9.17) is 23.9 Å². The van der Waals surface area contributed by atoms with Crippen molar-refractivity contribution >= 4 is 16.5 Å². The van der Waals surface area contributed by atoms with Crippen LogP contribution >= 0.6 is 0 Å². The average Bonchev–Trinajstić information content (AvgIpc) is 2.76. The Bertz CT molecular complexity index is 1200. The first-order valence-corrected chi connectivity index (χ1v) is 10.4. The lowest BCUT2D eigenvalue weighted by atomic mass is 9.84. The summed E-state index contributed by atoms with van der Waals surface area (Å²) in [6.07, 6.45) is 0.812. The number of ether oxygens (including phenoxy) is 4. The maximum atomic E-state index is 5.89. The molecule has 0 unspecified atom stereocenters. The van der Waals surface area contributed by atoms with Crippen LogP contribution in [0.2, 0.25) is 0 Å². The van der Waals surface area contributed by atoms with E-state index in [0.717, 1.165) is 68.2 Å². The van der Waals surface area contributed by atoms with Crippen LogP contribution in [-0.4, -0.2) is 40.2 Å². The topological polar surface area (TPSA) is 49.3 Å². The SMILES string of the molecule is COc1cc(OC)c(-c2ccc(OC)c3c(OC)cc(C)cc23)c2c1C(C)=N[C@@H](C)C2. The normalized spacial score (nSPS) is 15.3. The summed E-state index contributed by atoms with van der Waals surface area (Å²) in [5, 5.41) is 2.02. The van der Waals surface area contributed by atoms with Crippen molar-refractivity contribution in [2.45, 2.75) is 33.2 Å². The van der Waals surface area contributed by atoms with Gasteiger partial charge in [-0.25, -0.2) is 0 Å². The molecule has 0 fully saturated rings. The van der Waals surface area contributed by atoms with E-state index in [1.807, 2.05) is 25.1 Å². The van der Waals surface area contributed by atoms with Crippen LogP contribution in [0.4, 0.5) is 0 Å². The lowest BCUT2D eigenvalue weighted by Crippen LogP contribution is -2.19. The third-order valence-electron chi connectivity index (χ3n) is 5.97. The molecule has 0 radical (unpaired) electrons. The number of benzene rings is 3. The minimum atomic E-state index is 0.184. The highest BCUT2D eigenvalue weighted by atomic mass is 16.5. The molecular formula is C26H29NO4. The van der Waals surface area contributed by atoms with E-state index in [1.54, 1.807) is 28.4 Å². The molecule has 4 rings (SSSR count). The highest BCUT2D eigenvalue weighted by Gasteiger charge is 2.28. The fourth-order valence-electron chi connectivity index (χ4n) is 4.74. The van der Waals surface area contributed by atoms with Crippen LogP contribution in [0, 0.1) is 6.92 Å². The van der Waals surface area contributed by atoms with Gasteiger partial charge >= 0.3 is 0 Å². The van der Waals surface area contributed by atoms with E-state index in [0.29, 0.717) is 0 Å². The molecule has 0 spiro atoms. The minimum absolute atomic E-state index is 0.184. The predicted molar refractivity (Wildman–Crippen MR) is 126 cm³/mol. The van der Waals surface area contributed by atoms with Gasteiger partial charge in [0.1, 0.15) is 23.0 Å². The average molecular weight is 420 g/mol. The number of rotatable bonds is 5. The second-order valence-corrected chi connectivity index (χ2v) is 7.98. The Morgan fingerprint density at radius 2 is 1.42 bits per heavy atom. The van der Waals surface area contributed by atoms with Gasteiger partial charge in [0.15, 0.2) is 0 Å². The van der Waals surface area contributed by atoms with Gasteiger partial charge in [-0.3, -0.25) is 4.99 Å². The van der Waals surface area contributed by atoms with Crippen molar-refractivity contribution in [1.82, 2.24) is 0 Å². The van der Waals surface area contributed by atoms with Gasteiger partial charge in [-0.2, -0.15) is 0 Å². The van der Waals surface area contributed by atoms with Gasteiger partial charge in [-0.15, -0.1) is 0 Å². The molecule has 31 heavy (non-hydrogen) atoms. The Kier molecular flexibility index (Phi) is 5.52. The molecule has 1 heterocycles. The second kappa shape index (κ2) is 8.14. The molecule has 3 aromatic carbocycles. The van der Waals surface area contributed by atoms with Gasteiger partial charge in [0, 0.05) is 22.9 Å². The molecule has 0 aromatic heterocycles. The number of aryl methyl sites for hydroxylation is 1. The minimum Gasteiger partial charge on any atom is -0.496 e. The summed E-state index contributed by atoms with van der Waals surface area (Å²) in [5.74, 6) is 3.14. The van der Waals surface area contributed by atoms with Crippen LogP contribution in [0.25, 0.3) is 21.9 Å². The molecule has 162 valence electrons. The van der Waals surface area contributed by atoms with Gasteiger partial charge in [0.2, 0.25) is 0 Å². The molecule has 1 atom stereocenters. The third-order valence-corrected chi connectivity index (χ3v) is 5.97. The Morgan fingerprint density at radius 3 is 2.06 bits per heavy atom. The van der Waals surface area contributed by atoms with Crippen molar-refractivity contribution in [3.05, 3.63) is 47.0 Å². The van der Waals surface area contributed by atoms with E-state index < -0.39 is 0 Å². The van der Waals surface area contributed by atoms with Crippen molar-refractivity contribution in [3.63, 3.8) is 0 Å². The molecule has 1 aliphatic rings. The number of fused-ring (bicyclic) bond motifs is 2. The lowest BCUT2D eigenvalue weighted by Gasteiger charge is -2.27. The van der Waals surface area contributed by atoms with Gasteiger partial charge < -0.3 is 18.9 Å². The van der Waals surface area contributed by atoms with Gasteiger partial charge in [-0.05, 0) is 67.5 Å². The zero-order valence-electron chi connectivity index (χ0n) is 19.3. The van der Waals surface area contributed by atoms with Crippen molar-refractivity contribution in [2.24, 2.45) is 4.99 Å². The number of hydrogen-bond donors (Lipinski definition) is 0. The molecule has 1 aliphatic heterocycles. The quantitative estimate of drug-likeness (QED) is 0.540. The number of nitrogens with zero attached hydrogens (tertiary/aromatic N) is 1. The fraction of sp³-hybridized carbons (Fsp3) is 0.346. The van der Waals surface area contributed by atoms with Crippen LogP contribution < -0.4 is 18.9 Å². The first-order chi connectivity index (χ1) is 14.9. The van der Waals surface area contributed by atoms with E-state index in [-0.39, 0.29) is 6.04 Å². The summed E-state index contributed by atoms with van der Waals surface area (Å²) in [6.45, 7) is 6.26. The number of hydrogen-bond acceptors (Lipinski definition) is 5. The Balaban J connectivity index is 2.16. The lowest BCUT2D eigenvalue weighted by molar-refractivity contribution is 0.393. The van der Waals surface area contributed by atoms with Crippen molar-refractivity contribution in [2.75, 3.05) is 28.4 Å². The summed E-state index contributed by atoms with van der Waals surface area (Å²) in [4.78, 5) is 4.81. The summed E-state index contributed by atoms with van der Waals surface area (Å²) in [5.41, 5.74) is 6.51. The van der Waals surface area contributed by atoms with Crippen LogP contribution in [0.5, 0.6) is 23.0 Å². The highest BCUT2D eigenvalue weighted by molar-refractivity contribution is 6.09. The molecule has 0 saturated heterocycles. The summed E-state index contributed by atoms with van der Waals surface area (Å²) >= 11 is 0. The fourth-order valence-corrected chi connectivity index (χ4v) is 4.74. The highest BCUT2D eigenvalue weighted by Crippen LogP contribution is 2.48. The van der Waals surface area contributed by atoms with Crippen LogP contribution in [0.3, 0.4) is 0 Å². The van der Waals surface area contributed by atoms with Crippen LogP contribution in [-0.2, 0) is 6.42 Å². The molecule has 5 heteroatoms.